The Bertz CT molecular complexity index is 416. The molecule has 1 saturated carbocycles. The second-order valence-electron chi connectivity index (χ2n) is 4.13. The average molecular weight is 232 g/mol. The summed E-state index contributed by atoms with van der Waals surface area (Å²) in [6, 6.07) is 5.24. The first-order valence-electron chi connectivity index (χ1n) is 5.80. The molecule has 5 nitrogen and oxygen atoms in total. The lowest BCUT2D eigenvalue weighted by Crippen LogP contribution is -2.28. The Morgan fingerprint density at radius 3 is 3.06 bits per heavy atom. The summed E-state index contributed by atoms with van der Waals surface area (Å²) >= 11 is 0. The van der Waals surface area contributed by atoms with Gasteiger partial charge in [-0.05, 0) is 31.4 Å². The van der Waals surface area contributed by atoms with E-state index in [0.29, 0.717) is 0 Å². The van der Waals surface area contributed by atoms with Crippen LogP contribution in [-0.4, -0.2) is 16.7 Å². The van der Waals surface area contributed by atoms with E-state index in [2.05, 4.69) is 15.5 Å². The SMILES string of the molecule is NC(=O)NN=C1CCCCC1c1ccccn1. The highest BCUT2D eigenvalue weighted by atomic mass is 16.2. The lowest BCUT2D eigenvalue weighted by molar-refractivity contribution is 0.249. The molecule has 1 unspecified atom stereocenters. The number of carbonyl (C=O) groups excluding carboxylic acids is 1. The number of rotatable bonds is 2. The van der Waals surface area contributed by atoms with Crippen LogP contribution in [0.1, 0.15) is 37.3 Å². The smallest absolute Gasteiger partial charge is 0.332 e. The van der Waals surface area contributed by atoms with Crippen molar-refractivity contribution in [2.75, 3.05) is 0 Å². The fourth-order valence-corrected chi connectivity index (χ4v) is 2.16. The van der Waals surface area contributed by atoms with Gasteiger partial charge in [0.05, 0.1) is 0 Å². The van der Waals surface area contributed by atoms with Gasteiger partial charge in [-0.1, -0.05) is 12.5 Å². The number of hydrogen-bond donors (Lipinski definition) is 2. The number of carbonyl (C=O) groups is 1. The largest absolute Gasteiger partial charge is 0.350 e. The average Bonchev–Trinajstić information content (AvgIpc) is 2.38. The number of aromatic nitrogens is 1. The Kier molecular flexibility index (Phi) is 3.69. The Balaban J connectivity index is 2.18. The summed E-state index contributed by atoms with van der Waals surface area (Å²) < 4.78 is 0. The molecule has 0 spiro atoms. The van der Waals surface area contributed by atoms with Crippen LogP contribution >= 0.6 is 0 Å². The third kappa shape index (κ3) is 3.03. The summed E-state index contributed by atoms with van der Waals surface area (Å²) in [5, 5.41) is 4.09. The number of urea groups is 1. The maximum absolute atomic E-state index is 10.7. The summed E-state index contributed by atoms with van der Waals surface area (Å²) in [6.45, 7) is 0. The third-order valence-electron chi connectivity index (χ3n) is 2.93. The molecule has 2 amide bonds. The number of nitrogens with one attached hydrogen (secondary N) is 1. The van der Waals surface area contributed by atoms with Gasteiger partial charge in [-0.3, -0.25) is 4.98 Å². The fraction of sp³-hybridized carbons (Fsp3) is 0.417. The zero-order valence-corrected chi connectivity index (χ0v) is 9.60. The highest BCUT2D eigenvalue weighted by Gasteiger charge is 2.23. The molecular formula is C12H16N4O. The summed E-state index contributed by atoms with van der Waals surface area (Å²) in [4.78, 5) is 15.0. The van der Waals surface area contributed by atoms with Crippen molar-refractivity contribution in [2.45, 2.75) is 31.6 Å². The lowest BCUT2D eigenvalue weighted by Gasteiger charge is -2.23. The van der Waals surface area contributed by atoms with Gasteiger partial charge >= 0.3 is 6.03 Å². The van der Waals surface area contributed by atoms with Crippen molar-refractivity contribution in [2.24, 2.45) is 10.8 Å². The first kappa shape index (κ1) is 11.6. The van der Waals surface area contributed by atoms with E-state index in [1.165, 1.54) is 0 Å². The molecule has 17 heavy (non-hydrogen) atoms. The number of hydrogen-bond acceptors (Lipinski definition) is 3. The van der Waals surface area contributed by atoms with Gasteiger partial charge in [0.15, 0.2) is 0 Å². The lowest BCUT2D eigenvalue weighted by atomic mass is 9.85. The van der Waals surface area contributed by atoms with Crippen LogP contribution in [0.2, 0.25) is 0 Å². The summed E-state index contributed by atoms with van der Waals surface area (Å²) in [6.07, 6.45) is 5.96. The molecule has 1 fully saturated rings. The molecule has 0 aromatic carbocycles. The van der Waals surface area contributed by atoms with Crippen LogP contribution in [0.3, 0.4) is 0 Å². The Labute approximate surface area is 100 Å². The van der Waals surface area contributed by atoms with Gasteiger partial charge in [0.2, 0.25) is 0 Å². The van der Waals surface area contributed by atoms with Gasteiger partial charge in [-0.2, -0.15) is 5.10 Å². The van der Waals surface area contributed by atoms with Gasteiger partial charge < -0.3 is 5.73 Å². The summed E-state index contributed by atoms with van der Waals surface area (Å²) in [5.41, 5.74) is 9.31. The number of pyridine rings is 1. The number of primary amides is 1. The van der Waals surface area contributed by atoms with Crippen LogP contribution in [-0.2, 0) is 0 Å². The van der Waals surface area contributed by atoms with E-state index < -0.39 is 6.03 Å². The third-order valence-corrected chi connectivity index (χ3v) is 2.93. The molecule has 0 saturated heterocycles. The van der Waals surface area contributed by atoms with E-state index in [1.54, 1.807) is 6.20 Å². The second kappa shape index (κ2) is 5.43. The van der Waals surface area contributed by atoms with Gasteiger partial charge in [-0.25, -0.2) is 10.2 Å². The first-order chi connectivity index (χ1) is 8.27. The zero-order valence-electron chi connectivity index (χ0n) is 9.60. The van der Waals surface area contributed by atoms with Crippen LogP contribution in [0.4, 0.5) is 4.79 Å². The molecule has 90 valence electrons. The van der Waals surface area contributed by atoms with E-state index in [4.69, 9.17) is 5.73 Å². The predicted octanol–water partition coefficient (Wildman–Crippen LogP) is 1.76. The Morgan fingerprint density at radius 2 is 2.35 bits per heavy atom. The maximum atomic E-state index is 10.7. The number of amides is 2. The molecule has 1 aromatic rings. The molecular weight excluding hydrogens is 216 g/mol. The monoisotopic (exact) mass is 232 g/mol. The minimum Gasteiger partial charge on any atom is -0.350 e. The standard InChI is InChI=1S/C12H16N4O/c13-12(17)16-15-11-7-2-1-5-9(11)10-6-3-4-8-14-10/h3-4,6,8-9H,1-2,5,7H2,(H3,13,16,17). The quantitative estimate of drug-likeness (QED) is 0.762. The maximum Gasteiger partial charge on any atom is 0.332 e. The predicted molar refractivity (Wildman–Crippen MR) is 65.6 cm³/mol. The molecule has 0 radical (unpaired) electrons. The molecule has 1 aliphatic rings. The van der Waals surface area contributed by atoms with Crippen molar-refractivity contribution in [1.82, 2.24) is 10.4 Å². The number of nitrogens with zero attached hydrogens (tertiary/aromatic N) is 2. The van der Waals surface area contributed by atoms with E-state index in [0.717, 1.165) is 37.1 Å². The normalized spacial score (nSPS) is 22.4. The van der Waals surface area contributed by atoms with Crippen molar-refractivity contribution in [1.29, 1.82) is 0 Å². The summed E-state index contributed by atoms with van der Waals surface area (Å²) in [5.74, 6) is 0.205. The zero-order chi connectivity index (χ0) is 12.1. The Hall–Kier alpha value is -1.91. The van der Waals surface area contributed by atoms with Crippen LogP contribution in [0.15, 0.2) is 29.5 Å². The van der Waals surface area contributed by atoms with Crippen LogP contribution in [0.5, 0.6) is 0 Å². The van der Waals surface area contributed by atoms with Crippen molar-refractivity contribution < 1.29 is 4.79 Å². The topological polar surface area (TPSA) is 80.4 Å². The van der Waals surface area contributed by atoms with E-state index in [9.17, 15) is 4.79 Å². The Morgan fingerprint density at radius 1 is 1.47 bits per heavy atom. The van der Waals surface area contributed by atoms with Crippen LogP contribution < -0.4 is 11.2 Å². The van der Waals surface area contributed by atoms with E-state index >= 15 is 0 Å². The number of hydrazone groups is 1. The van der Waals surface area contributed by atoms with Crippen molar-refractivity contribution in [3.8, 4) is 0 Å². The second-order valence-corrected chi connectivity index (χ2v) is 4.13. The highest BCUT2D eigenvalue weighted by Crippen LogP contribution is 2.29. The van der Waals surface area contributed by atoms with Crippen molar-refractivity contribution >= 4 is 11.7 Å². The van der Waals surface area contributed by atoms with Crippen LogP contribution in [0.25, 0.3) is 0 Å². The molecule has 3 N–H and O–H groups in total. The minimum absolute atomic E-state index is 0.205. The first-order valence-corrected chi connectivity index (χ1v) is 5.80. The van der Waals surface area contributed by atoms with E-state index in [1.807, 2.05) is 18.2 Å². The highest BCUT2D eigenvalue weighted by molar-refractivity contribution is 5.92. The molecule has 5 heteroatoms. The van der Waals surface area contributed by atoms with Gasteiger partial charge in [0, 0.05) is 23.5 Å². The molecule has 1 aromatic heterocycles. The van der Waals surface area contributed by atoms with Gasteiger partial charge in [0.1, 0.15) is 0 Å². The molecule has 1 aliphatic carbocycles. The fourth-order valence-electron chi connectivity index (χ4n) is 2.16. The molecule has 2 rings (SSSR count). The molecule has 1 atom stereocenters. The molecule has 0 aliphatic heterocycles. The van der Waals surface area contributed by atoms with Gasteiger partial charge in [-0.15, -0.1) is 0 Å². The van der Waals surface area contributed by atoms with Gasteiger partial charge in [0.25, 0.3) is 0 Å². The van der Waals surface area contributed by atoms with Crippen molar-refractivity contribution in [3.63, 3.8) is 0 Å². The minimum atomic E-state index is -0.622. The summed E-state index contributed by atoms with van der Waals surface area (Å²) in [7, 11) is 0. The van der Waals surface area contributed by atoms with Crippen molar-refractivity contribution in [3.05, 3.63) is 30.1 Å². The number of nitrogens with two attached hydrogens (primary N) is 1. The molecule has 1 heterocycles. The molecule has 0 bridgehead atoms. The van der Waals surface area contributed by atoms with E-state index in [-0.39, 0.29) is 5.92 Å². The van der Waals surface area contributed by atoms with Crippen LogP contribution in [0, 0.1) is 0 Å².